The van der Waals surface area contributed by atoms with E-state index in [1.807, 2.05) is 30.3 Å². The molecule has 1 aromatic carbocycles. The van der Waals surface area contributed by atoms with E-state index in [1.54, 1.807) is 0 Å². The summed E-state index contributed by atoms with van der Waals surface area (Å²) in [5.41, 5.74) is 6.15. The Morgan fingerprint density at radius 2 is 2.07 bits per heavy atom. The van der Waals surface area contributed by atoms with Crippen LogP contribution in [0.3, 0.4) is 0 Å². The van der Waals surface area contributed by atoms with Crippen molar-refractivity contribution in [3.63, 3.8) is 0 Å². The second-order valence-corrected chi connectivity index (χ2v) is 2.88. The molecule has 3 N–H and O–H groups in total. The highest BCUT2D eigenvalue weighted by molar-refractivity contribution is 5.75. The second-order valence-electron chi connectivity index (χ2n) is 2.88. The molecule has 0 spiro atoms. The zero-order chi connectivity index (χ0) is 10.4. The number of hydrogen-bond acceptors (Lipinski definition) is 4. The van der Waals surface area contributed by atoms with E-state index in [4.69, 9.17) is 15.6 Å². The van der Waals surface area contributed by atoms with Gasteiger partial charge in [-0.1, -0.05) is 30.3 Å². The molecule has 14 heavy (non-hydrogen) atoms. The lowest BCUT2D eigenvalue weighted by molar-refractivity contribution is -0.147. The summed E-state index contributed by atoms with van der Waals surface area (Å²) in [4.78, 5) is 11.0. The summed E-state index contributed by atoms with van der Waals surface area (Å²) in [7, 11) is 0. The van der Waals surface area contributed by atoms with Gasteiger partial charge >= 0.3 is 5.97 Å². The van der Waals surface area contributed by atoms with Crippen LogP contribution in [0, 0.1) is 0 Å². The van der Waals surface area contributed by atoms with Crippen LogP contribution in [0.5, 0.6) is 0 Å². The molecule has 0 aliphatic heterocycles. The Hall–Kier alpha value is -1.39. The molecule has 76 valence electrons. The van der Waals surface area contributed by atoms with Crippen molar-refractivity contribution in [2.24, 2.45) is 5.73 Å². The highest BCUT2D eigenvalue weighted by atomic mass is 16.5. The van der Waals surface area contributed by atoms with Crippen LogP contribution in [-0.4, -0.2) is 23.7 Å². The molecule has 0 fully saturated rings. The van der Waals surface area contributed by atoms with Crippen molar-refractivity contribution in [1.82, 2.24) is 0 Å². The minimum absolute atomic E-state index is 0.188. The maximum atomic E-state index is 11.0. The van der Waals surface area contributed by atoms with Crippen LogP contribution in [0.2, 0.25) is 0 Å². The van der Waals surface area contributed by atoms with Crippen LogP contribution in [0.15, 0.2) is 30.3 Å². The third-order valence-corrected chi connectivity index (χ3v) is 1.72. The van der Waals surface area contributed by atoms with Crippen molar-refractivity contribution >= 4 is 5.97 Å². The molecular weight excluding hydrogens is 182 g/mol. The van der Waals surface area contributed by atoms with Crippen molar-refractivity contribution in [1.29, 1.82) is 0 Å². The zero-order valence-electron chi connectivity index (χ0n) is 7.72. The fourth-order valence-corrected chi connectivity index (χ4v) is 0.910. The first kappa shape index (κ1) is 10.7. The fourth-order valence-electron chi connectivity index (χ4n) is 0.910. The number of ether oxygens (including phenoxy) is 1. The Labute approximate surface area is 82.3 Å². The lowest BCUT2D eigenvalue weighted by Gasteiger charge is -2.08. The summed E-state index contributed by atoms with van der Waals surface area (Å²) in [5, 5.41) is 8.58. The SMILES string of the molecule is NC(CO)C(=O)OCc1ccccc1. The van der Waals surface area contributed by atoms with Crippen molar-refractivity contribution in [2.75, 3.05) is 6.61 Å². The Balaban J connectivity index is 2.38. The lowest BCUT2D eigenvalue weighted by atomic mass is 10.2. The van der Waals surface area contributed by atoms with E-state index in [9.17, 15) is 4.79 Å². The minimum Gasteiger partial charge on any atom is -0.460 e. The third kappa shape index (κ3) is 3.16. The largest absolute Gasteiger partial charge is 0.460 e. The van der Waals surface area contributed by atoms with E-state index in [0.29, 0.717) is 0 Å². The first-order valence-electron chi connectivity index (χ1n) is 4.31. The molecule has 0 saturated heterocycles. The number of esters is 1. The molecule has 0 bridgehead atoms. The molecule has 4 nitrogen and oxygen atoms in total. The number of carbonyl (C=O) groups is 1. The number of aliphatic hydroxyl groups is 1. The maximum Gasteiger partial charge on any atom is 0.325 e. The predicted molar refractivity (Wildman–Crippen MR) is 51.3 cm³/mol. The first-order chi connectivity index (χ1) is 6.74. The Bertz CT molecular complexity index is 287. The number of nitrogens with two attached hydrogens (primary N) is 1. The molecule has 0 amide bonds. The van der Waals surface area contributed by atoms with Crippen LogP contribution in [0.4, 0.5) is 0 Å². The van der Waals surface area contributed by atoms with Gasteiger partial charge in [-0.2, -0.15) is 0 Å². The van der Waals surface area contributed by atoms with Crippen LogP contribution < -0.4 is 5.73 Å². The first-order valence-corrected chi connectivity index (χ1v) is 4.31. The van der Waals surface area contributed by atoms with Crippen LogP contribution in [0.1, 0.15) is 5.56 Å². The summed E-state index contributed by atoms with van der Waals surface area (Å²) in [5.74, 6) is -0.587. The van der Waals surface area contributed by atoms with E-state index in [2.05, 4.69) is 0 Å². The number of carbonyl (C=O) groups excluding carboxylic acids is 1. The molecular formula is C10H13NO3. The van der Waals surface area contributed by atoms with E-state index in [-0.39, 0.29) is 6.61 Å². The van der Waals surface area contributed by atoms with Gasteiger partial charge in [-0.3, -0.25) is 4.79 Å². The van der Waals surface area contributed by atoms with Crippen LogP contribution >= 0.6 is 0 Å². The van der Waals surface area contributed by atoms with Gasteiger partial charge in [-0.05, 0) is 5.56 Å². The third-order valence-electron chi connectivity index (χ3n) is 1.72. The Morgan fingerprint density at radius 3 is 2.64 bits per heavy atom. The molecule has 0 heterocycles. The molecule has 1 atom stereocenters. The molecule has 4 heteroatoms. The summed E-state index contributed by atoms with van der Waals surface area (Å²) >= 11 is 0. The van der Waals surface area contributed by atoms with Gasteiger partial charge in [-0.25, -0.2) is 0 Å². The van der Waals surface area contributed by atoms with Gasteiger partial charge < -0.3 is 15.6 Å². The summed E-state index contributed by atoms with van der Waals surface area (Å²) < 4.78 is 4.86. The Morgan fingerprint density at radius 1 is 1.43 bits per heavy atom. The van der Waals surface area contributed by atoms with Crippen molar-refractivity contribution in [2.45, 2.75) is 12.6 Å². The number of rotatable bonds is 4. The van der Waals surface area contributed by atoms with E-state index >= 15 is 0 Å². The van der Waals surface area contributed by atoms with Gasteiger partial charge in [0.1, 0.15) is 12.6 Å². The monoisotopic (exact) mass is 195 g/mol. The van der Waals surface area contributed by atoms with Gasteiger partial charge in [-0.15, -0.1) is 0 Å². The van der Waals surface area contributed by atoms with Gasteiger partial charge in [0.05, 0.1) is 6.61 Å². The number of benzene rings is 1. The smallest absolute Gasteiger partial charge is 0.325 e. The highest BCUT2D eigenvalue weighted by Crippen LogP contribution is 2.01. The number of hydrogen-bond donors (Lipinski definition) is 2. The van der Waals surface area contributed by atoms with E-state index in [0.717, 1.165) is 5.56 Å². The molecule has 1 rings (SSSR count). The molecule has 0 radical (unpaired) electrons. The van der Waals surface area contributed by atoms with Gasteiger partial charge in [0, 0.05) is 0 Å². The van der Waals surface area contributed by atoms with Crippen molar-refractivity contribution < 1.29 is 14.6 Å². The second kappa shape index (κ2) is 5.36. The summed E-state index contributed by atoms with van der Waals surface area (Å²) in [6, 6.07) is 8.34. The van der Waals surface area contributed by atoms with E-state index in [1.165, 1.54) is 0 Å². The molecule has 0 aromatic heterocycles. The van der Waals surface area contributed by atoms with E-state index < -0.39 is 18.6 Å². The molecule has 0 aliphatic rings. The zero-order valence-corrected chi connectivity index (χ0v) is 7.72. The van der Waals surface area contributed by atoms with Gasteiger partial charge in [0.15, 0.2) is 0 Å². The van der Waals surface area contributed by atoms with Crippen molar-refractivity contribution in [3.8, 4) is 0 Å². The fraction of sp³-hybridized carbons (Fsp3) is 0.300. The predicted octanol–water partition coefficient (Wildman–Crippen LogP) is 0.0494. The molecule has 0 aliphatic carbocycles. The topological polar surface area (TPSA) is 72.5 Å². The van der Waals surface area contributed by atoms with Crippen LogP contribution in [-0.2, 0) is 16.1 Å². The summed E-state index contributed by atoms with van der Waals surface area (Å²) in [6.07, 6.45) is 0. The average molecular weight is 195 g/mol. The van der Waals surface area contributed by atoms with Gasteiger partial charge in [0.2, 0.25) is 0 Å². The van der Waals surface area contributed by atoms with Gasteiger partial charge in [0.25, 0.3) is 0 Å². The molecule has 1 aromatic rings. The number of aliphatic hydroxyl groups excluding tert-OH is 1. The van der Waals surface area contributed by atoms with Crippen LogP contribution in [0.25, 0.3) is 0 Å². The van der Waals surface area contributed by atoms with Crippen molar-refractivity contribution in [3.05, 3.63) is 35.9 Å². The normalized spacial score (nSPS) is 12.1. The Kier molecular flexibility index (Phi) is 4.10. The maximum absolute atomic E-state index is 11.0. The minimum atomic E-state index is -0.946. The lowest BCUT2D eigenvalue weighted by Crippen LogP contribution is -2.35. The summed E-state index contributed by atoms with van der Waals surface area (Å²) in [6.45, 7) is -0.207. The standard InChI is InChI=1S/C10H13NO3/c11-9(6-12)10(13)14-7-8-4-2-1-3-5-8/h1-5,9,12H,6-7,11H2. The highest BCUT2D eigenvalue weighted by Gasteiger charge is 2.12. The molecule has 0 saturated carbocycles. The quantitative estimate of drug-likeness (QED) is 0.666. The average Bonchev–Trinajstić information content (AvgIpc) is 2.26. The molecule has 1 unspecified atom stereocenters.